The van der Waals surface area contributed by atoms with E-state index in [0.29, 0.717) is 19.6 Å². The Balaban J connectivity index is 2.48. The molecule has 0 aromatic rings. The fourth-order valence-corrected chi connectivity index (χ4v) is 2.08. The SMILES string of the molecule is CN(C)C[C@H](O)C[C@]1(C#N)CCCOC1. The van der Waals surface area contributed by atoms with E-state index >= 15 is 0 Å². The Morgan fingerprint density at radius 3 is 2.80 bits per heavy atom. The fraction of sp³-hybridized carbons (Fsp3) is 0.909. The summed E-state index contributed by atoms with van der Waals surface area (Å²) >= 11 is 0. The molecule has 1 aliphatic rings. The van der Waals surface area contributed by atoms with Crippen LogP contribution >= 0.6 is 0 Å². The van der Waals surface area contributed by atoms with Gasteiger partial charge in [-0.15, -0.1) is 0 Å². The second-order valence-electron chi connectivity index (χ2n) is 4.67. The van der Waals surface area contributed by atoms with Crippen LogP contribution in [0.25, 0.3) is 0 Å². The first-order valence-corrected chi connectivity index (χ1v) is 5.40. The number of aliphatic hydroxyl groups is 1. The summed E-state index contributed by atoms with van der Waals surface area (Å²) in [7, 11) is 3.83. The second-order valence-corrected chi connectivity index (χ2v) is 4.67. The predicted octanol–water partition coefficient (Wildman–Crippen LogP) is 0.619. The molecule has 0 aliphatic carbocycles. The van der Waals surface area contributed by atoms with E-state index in [1.165, 1.54) is 0 Å². The number of hydrogen-bond donors (Lipinski definition) is 1. The lowest BCUT2D eigenvalue weighted by Gasteiger charge is -2.32. The second kappa shape index (κ2) is 5.45. The average Bonchev–Trinajstić information content (AvgIpc) is 2.17. The van der Waals surface area contributed by atoms with Crippen molar-refractivity contribution in [3.05, 3.63) is 0 Å². The Bertz CT molecular complexity index is 229. The first-order valence-electron chi connectivity index (χ1n) is 5.40. The van der Waals surface area contributed by atoms with Gasteiger partial charge in [-0.3, -0.25) is 0 Å². The smallest absolute Gasteiger partial charge is 0.0832 e. The zero-order chi connectivity index (χ0) is 11.3. The van der Waals surface area contributed by atoms with E-state index in [4.69, 9.17) is 10.00 Å². The zero-order valence-corrected chi connectivity index (χ0v) is 9.57. The molecule has 0 radical (unpaired) electrons. The van der Waals surface area contributed by atoms with E-state index in [2.05, 4.69) is 6.07 Å². The van der Waals surface area contributed by atoms with Gasteiger partial charge in [-0.05, 0) is 33.4 Å². The molecule has 1 fully saturated rings. The number of likely N-dealkylation sites (N-methyl/N-ethyl adjacent to an activating group) is 1. The first-order chi connectivity index (χ1) is 7.08. The summed E-state index contributed by atoms with van der Waals surface area (Å²) in [4.78, 5) is 1.93. The molecule has 0 amide bonds. The van der Waals surface area contributed by atoms with Crippen molar-refractivity contribution in [1.82, 2.24) is 4.90 Å². The van der Waals surface area contributed by atoms with Gasteiger partial charge in [0.25, 0.3) is 0 Å². The first kappa shape index (κ1) is 12.4. The molecule has 0 aromatic heterocycles. The molecular weight excluding hydrogens is 192 g/mol. The highest BCUT2D eigenvalue weighted by molar-refractivity contribution is 5.01. The monoisotopic (exact) mass is 212 g/mol. The van der Waals surface area contributed by atoms with Gasteiger partial charge >= 0.3 is 0 Å². The number of ether oxygens (including phenoxy) is 1. The average molecular weight is 212 g/mol. The summed E-state index contributed by atoms with van der Waals surface area (Å²) in [6, 6.07) is 2.32. The Kier molecular flexibility index (Phi) is 4.52. The highest BCUT2D eigenvalue weighted by Crippen LogP contribution is 2.32. The standard InChI is InChI=1S/C11H20N2O2/c1-13(2)7-10(14)6-11(8-12)4-3-5-15-9-11/h10,14H,3-7,9H2,1-2H3/t10-,11+/m1/s1. The van der Waals surface area contributed by atoms with Crippen molar-refractivity contribution in [2.75, 3.05) is 33.9 Å². The van der Waals surface area contributed by atoms with Crippen molar-refractivity contribution >= 4 is 0 Å². The Labute approximate surface area is 91.4 Å². The zero-order valence-electron chi connectivity index (χ0n) is 9.57. The van der Waals surface area contributed by atoms with Crippen LogP contribution in [-0.4, -0.2) is 50.0 Å². The van der Waals surface area contributed by atoms with E-state index in [9.17, 15) is 5.11 Å². The molecule has 0 bridgehead atoms. The molecule has 0 aromatic carbocycles. The van der Waals surface area contributed by atoms with Crippen LogP contribution in [0.5, 0.6) is 0 Å². The van der Waals surface area contributed by atoms with Crippen molar-refractivity contribution in [2.45, 2.75) is 25.4 Å². The van der Waals surface area contributed by atoms with Crippen LogP contribution in [0.4, 0.5) is 0 Å². The van der Waals surface area contributed by atoms with Crippen LogP contribution in [-0.2, 0) is 4.74 Å². The summed E-state index contributed by atoms with van der Waals surface area (Å²) in [5.41, 5.74) is -0.465. The third-order valence-corrected chi connectivity index (χ3v) is 2.76. The molecule has 1 rings (SSSR count). The molecule has 0 spiro atoms. The van der Waals surface area contributed by atoms with Gasteiger partial charge in [-0.1, -0.05) is 0 Å². The van der Waals surface area contributed by atoms with Crippen LogP contribution in [0.1, 0.15) is 19.3 Å². The quantitative estimate of drug-likeness (QED) is 0.742. The van der Waals surface area contributed by atoms with E-state index in [-0.39, 0.29) is 0 Å². The molecule has 0 unspecified atom stereocenters. The van der Waals surface area contributed by atoms with Gasteiger partial charge in [0.1, 0.15) is 0 Å². The molecule has 1 heterocycles. The van der Waals surface area contributed by atoms with Crippen molar-refractivity contribution in [3.63, 3.8) is 0 Å². The maximum absolute atomic E-state index is 9.82. The highest BCUT2D eigenvalue weighted by atomic mass is 16.5. The maximum Gasteiger partial charge on any atom is 0.0832 e. The number of nitrogens with zero attached hydrogens (tertiary/aromatic N) is 2. The molecule has 4 heteroatoms. The summed E-state index contributed by atoms with van der Waals surface area (Å²) in [6.45, 7) is 1.81. The normalized spacial score (nSPS) is 28.7. The summed E-state index contributed by atoms with van der Waals surface area (Å²) in [5.74, 6) is 0. The minimum absolute atomic E-state index is 0.443. The fourth-order valence-electron chi connectivity index (χ4n) is 2.08. The van der Waals surface area contributed by atoms with Crippen molar-refractivity contribution in [1.29, 1.82) is 5.26 Å². The molecule has 0 saturated carbocycles. The van der Waals surface area contributed by atoms with Crippen LogP contribution in [0.2, 0.25) is 0 Å². The number of rotatable bonds is 4. The van der Waals surface area contributed by atoms with Crippen molar-refractivity contribution in [2.24, 2.45) is 5.41 Å². The topological polar surface area (TPSA) is 56.5 Å². The summed E-state index contributed by atoms with van der Waals surface area (Å²) < 4.78 is 5.33. The molecule has 15 heavy (non-hydrogen) atoms. The van der Waals surface area contributed by atoms with E-state index in [0.717, 1.165) is 19.4 Å². The molecule has 4 nitrogen and oxygen atoms in total. The van der Waals surface area contributed by atoms with Crippen molar-refractivity contribution < 1.29 is 9.84 Å². The maximum atomic E-state index is 9.82. The van der Waals surface area contributed by atoms with E-state index in [1.807, 2.05) is 19.0 Å². The van der Waals surface area contributed by atoms with Gasteiger partial charge < -0.3 is 14.7 Å². The molecule has 86 valence electrons. The predicted molar refractivity (Wildman–Crippen MR) is 57.3 cm³/mol. The van der Waals surface area contributed by atoms with Crippen LogP contribution < -0.4 is 0 Å². The van der Waals surface area contributed by atoms with Crippen LogP contribution in [0.3, 0.4) is 0 Å². The lowest BCUT2D eigenvalue weighted by molar-refractivity contribution is -0.00895. The van der Waals surface area contributed by atoms with Crippen LogP contribution in [0.15, 0.2) is 0 Å². The minimum Gasteiger partial charge on any atom is -0.392 e. The lowest BCUT2D eigenvalue weighted by atomic mass is 9.79. The largest absolute Gasteiger partial charge is 0.392 e. The van der Waals surface area contributed by atoms with E-state index < -0.39 is 11.5 Å². The third-order valence-electron chi connectivity index (χ3n) is 2.76. The Morgan fingerprint density at radius 2 is 2.33 bits per heavy atom. The Hall–Kier alpha value is -0.630. The third kappa shape index (κ3) is 3.78. The number of hydrogen-bond acceptors (Lipinski definition) is 4. The molecule has 2 atom stereocenters. The van der Waals surface area contributed by atoms with Crippen molar-refractivity contribution in [3.8, 4) is 6.07 Å². The van der Waals surface area contributed by atoms with Gasteiger partial charge in [0.2, 0.25) is 0 Å². The molecule has 1 aliphatic heterocycles. The van der Waals surface area contributed by atoms with Gasteiger partial charge in [-0.25, -0.2) is 0 Å². The number of aliphatic hydroxyl groups excluding tert-OH is 1. The molecule has 1 N–H and O–H groups in total. The van der Waals surface area contributed by atoms with E-state index in [1.54, 1.807) is 0 Å². The molecular formula is C11H20N2O2. The highest BCUT2D eigenvalue weighted by Gasteiger charge is 2.35. The van der Waals surface area contributed by atoms with Crippen LogP contribution in [0, 0.1) is 16.7 Å². The number of nitriles is 1. The summed E-state index contributed by atoms with van der Waals surface area (Å²) in [6.07, 6.45) is 1.83. The Morgan fingerprint density at radius 1 is 1.60 bits per heavy atom. The summed E-state index contributed by atoms with van der Waals surface area (Å²) in [5, 5.41) is 19.0. The van der Waals surface area contributed by atoms with Gasteiger partial charge in [0, 0.05) is 13.2 Å². The molecule has 1 saturated heterocycles. The van der Waals surface area contributed by atoms with Gasteiger partial charge in [0.05, 0.1) is 24.2 Å². The van der Waals surface area contributed by atoms with Gasteiger partial charge in [0.15, 0.2) is 0 Å². The minimum atomic E-state index is -0.465. The van der Waals surface area contributed by atoms with Gasteiger partial charge in [-0.2, -0.15) is 5.26 Å². The lowest BCUT2D eigenvalue weighted by Crippen LogP contribution is -2.37.